The monoisotopic (exact) mass is 441 g/mol. The summed E-state index contributed by atoms with van der Waals surface area (Å²) in [5.41, 5.74) is 2.25. The van der Waals surface area contributed by atoms with Gasteiger partial charge in [-0.1, -0.05) is 42.5 Å². The predicted octanol–water partition coefficient (Wildman–Crippen LogP) is 4.02. The van der Waals surface area contributed by atoms with Crippen LogP contribution in [0.25, 0.3) is 11.1 Å². The van der Waals surface area contributed by atoms with Crippen LogP contribution in [0.3, 0.4) is 0 Å². The van der Waals surface area contributed by atoms with Crippen molar-refractivity contribution in [3.63, 3.8) is 0 Å². The number of carbonyl (C=O) groups is 1. The average molecular weight is 442 g/mol. The van der Waals surface area contributed by atoms with Crippen molar-refractivity contribution in [2.45, 2.75) is 43.6 Å². The molecule has 2 aliphatic rings. The molecule has 0 saturated heterocycles. The largest absolute Gasteiger partial charge is 0.478 e. The molecule has 31 heavy (non-hydrogen) atoms. The van der Waals surface area contributed by atoms with Crippen molar-refractivity contribution in [3.05, 3.63) is 77.4 Å². The van der Waals surface area contributed by atoms with Crippen molar-refractivity contribution in [1.82, 2.24) is 4.72 Å². The van der Waals surface area contributed by atoms with E-state index in [1.54, 1.807) is 62.4 Å². The van der Waals surface area contributed by atoms with E-state index in [0.29, 0.717) is 36.9 Å². The van der Waals surface area contributed by atoms with E-state index in [2.05, 4.69) is 4.72 Å². The lowest BCUT2D eigenvalue weighted by atomic mass is 10.0. The molecule has 2 aliphatic carbocycles. The number of nitrogens with one attached hydrogen (secondary N) is 1. The first-order valence-corrected chi connectivity index (χ1v) is 11.6. The van der Waals surface area contributed by atoms with E-state index in [4.69, 9.17) is 0 Å². The molecule has 0 heterocycles. The molecule has 0 atom stereocenters. The number of aromatic carboxylic acids is 1. The normalized spacial score (nSPS) is 12.2. The van der Waals surface area contributed by atoms with Crippen LogP contribution >= 0.6 is 0 Å². The average Bonchev–Trinajstić information content (AvgIpc) is 2.90. The molecule has 7 heteroatoms. The topological polar surface area (TPSA) is 104 Å². The van der Waals surface area contributed by atoms with E-state index >= 15 is 0 Å². The fourth-order valence-corrected chi connectivity index (χ4v) is 4.64. The highest BCUT2D eigenvalue weighted by atomic mass is 32.2. The summed E-state index contributed by atoms with van der Waals surface area (Å²) in [7, 11) is -3.53. The first-order chi connectivity index (χ1) is 14.6. The van der Waals surface area contributed by atoms with E-state index in [9.17, 15) is 23.4 Å². The van der Waals surface area contributed by atoms with Crippen LogP contribution in [0.2, 0.25) is 0 Å². The summed E-state index contributed by atoms with van der Waals surface area (Å²) in [5.74, 6) is -0.997. The van der Waals surface area contributed by atoms with Gasteiger partial charge in [-0.05, 0) is 73.6 Å². The molecular weight excluding hydrogens is 414 g/mol. The van der Waals surface area contributed by atoms with Crippen molar-refractivity contribution < 1.29 is 23.4 Å². The van der Waals surface area contributed by atoms with Gasteiger partial charge in [0.25, 0.3) is 0 Å². The number of aryl methyl sites for hydroxylation is 1. The van der Waals surface area contributed by atoms with Crippen LogP contribution in [0.15, 0.2) is 65.6 Å². The molecule has 3 rings (SSSR count). The van der Waals surface area contributed by atoms with Crippen LogP contribution in [0.5, 0.6) is 0 Å². The molecule has 0 fully saturated rings. The summed E-state index contributed by atoms with van der Waals surface area (Å²) in [6.45, 7) is 3.67. The van der Waals surface area contributed by atoms with Gasteiger partial charge in [-0.25, -0.2) is 17.9 Å². The molecule has 0 amide bonds. The summed E-state index contributed by atoms with van der Waals surface area (Å²) in [6, 6.07) is 17.1. The molecule has 0 aromatic heterocycles. The zero-order valence-corrected chi connectivity index (χ0v) is 18.4. The van der Waals surface area contributed by atoms with Crippen molar-refractivity contribution in [2.24, 2.45) is 0 Å². The van der Waals surface area contributed by atoms with Crippen LogP contribution in [-0.4, -0.2) is 31.1 Å². The number of fused-ring (bicyclic) bond motifs is 1. The number of benzene rings is 1. The maximum Gasteiger partial charge on any atom is 0.336 e. The van der Waals surface area contributed by atoms with Gasteiger partial charge in [0.05, 0.1) is 16.1 Å². The maximum atomic E-state index is 12.3. The lowest BCUT2D eigenvalue weighted by molar-refractivity contribution is 0.0697. The third kappa shape index (κ3) is 5.50. The van der Waals surface area contributed by atoms with Gasteiger partial charge < -0.3 is 10.2 Å². The Balaban J connectivity index is 1.69. The number of sulfonamides is 1. The van der Waals surface area contributed by atoms with Gasteiger partial charge in [-0.3, -0.25) is 0 Å². The first-order valence-electron chi connectivity index (χ1n) is 10.2. The maximum absolute atomic E-state index is 12.3. The molecule has 1 aromatic rings. The standard InChI is InChI=1S/C24H27NO5S/c1-24(2,28)18-11-13-20-17(16-22(23(26)27)21(20)14-12-18)8-6-7-15-25-31(29,30)19-9-4-3-5-10-19/h3-5,9-14,16,25,28H,6-8,15H2,1-2H3,(H,26,27). The lowest BCUT2D eigenvalue weighted by Crippen LogP contribution is -2.24. The van der Waals surface area contributed by atoms with Gasteiger partial charge >= 0.3 is 5.97 Å². The summed E-state index contributed by atoms with van der Waals surface area (Å²) in [5, 5.41) is 19.9. The van der Waals surface area contributed by atoms with Gasteiger partial charge in [0.2, 0.25) is 10.0 Å². The Morgan fingerprint density at radius 2 is 1.61 bits per heavy atom. The second-order valence-electron chi connectivity index (χ2n) is 8.06. The van der Waals surface area contributed by atoms with Gasteiger partial charge in [0.1, 0.15) is 0 Å². The SMILES string of the molecule is CC(C)(O)c1ccc2c(CCCCNS(=O)(=O)c3ccccc3)cc(C(=O)O)c-2cc1. The molecule has 3 N–H and O–H groups in total. The molecule has 0 bridgehead atoms. The minimum absolute atomic E-state index is 0.229. The highest BCUT2D eigenvalue weighted by Gasteiger charge is 2.21. The zero-order valence-electron chi connectivity index (χ0n) is 17.6. The van der Waals surface area contributed by atoms with E-state index in [1.807, 2.05) is 12.1 Å². The molecule has 0 saturated carbocycles. The third-order valence-electron chi connectivity index (χ3n) is 5.26. The van der Waals surface area contributed by atoms with Crippen molar-refractivity contribution in [1.29, 1.82) is 0 Å². The van der Waals surface area contributed by atoms with Crippen LogP contribution in [-0.2, 0) is 22.0 Å². The Bertz CT molecular complexity index is 1130. The van der Waals surface area contributed by atoms with Crippen LogP contribution in [0.4, 0.5) is 0 Å². The van der Waals surface area contributed by atoms with Crippen LogP contribution in [0.1, 0.15) is 48.2 Å². The lowest BCUT2D eigenvalue weighted by Gasteiger charge is -2.15. The number of carboxylic acids is 1. The fourth-order valence-electron chi connectivity index (χ4n) is 3.55. The highest BCUT2D eigenvalue weighted by Crippen LogP contribution is 2.34. The number of hydrogen-bond acceptors (Lipinski definition) is 4. The second kappa shape index (κ2) is 9.18. The summed E-state index contributed by atoms with van der Waals surface area (Å²) >= 11 is 0. The number of carboxylic acid groups (broad SMARTS) is 1. The minimum atomic E-state index is -3.53. The van der Waals surface area contributed by atoms with Gasteiger partial charge in [0.15, 0.2) is 0 Å². The van der Waals surface area contributed by atoms with E-state index in [1.165, 1.54) is 0 Å². The smallest absolute Gasteiger partial charge is 0.336 e. The van der Waals surface area contributed by atoms with Crippen molar-refractivity contribution in [2.75, 3.05) is 6.54 Å². The zero-order chi connectivity index (χ0) is 22.6. The van der Waals surface area contributed by atoms with Crippen molar-refractivity contribution in [3.8, 4) is 11.1 Å². The molecule has 0 unspecified atom stereocenters. The Labute approximate surface area is 183 Å². The minimum Gasteiger partial charge on any atom is -0.478 e. The second-order valence-corrected chi connectivity index (χ2v) is 9.83. The van der Waals surface area contributed by atoms with Gasteiger partial charge in [-0.2, -0.15) is 0 Å². The number of rotatable bonds is 9. The van der Waals surface area contributed by atoms with Crippen LogP contribution in [0, 0.1) is 0 Å². The Morgan fingerprint density at radius 1 is 0.968 bits per heavy atom. The van der Waals surface area contributed by atoms with Gasteiger partial charge in [-0.15, -0.1) is 0 Å². The molecular formula is C24H27NO5S. The third-order valence-corrected chi connectivity index (χ3v) is 6.74. The fraction of sp³-hybridized carbons (Fsp3) is 0.292. The van der Waals surface area contributed by atoms with E-state index in [-0.39, 0.29) is 10.5 Å². The predicted molar refractivity (Wildman–Crippen MR) is 120 cm³/mol. The molecule has 6 nitrogen and oxygen atoms in total. The summed E-state index contributed by atoms with van der Waals surface area (Å²) < 4.78 is 27.1. The Morgan fingerprint density at radius 3 is 2.23 bits per heavy atom. The quantitative estimate of drug-likeness (QED) is 0.435. The number of unbranched alkanes of at least 4 members (excludes halogenated alkanes) is 1. The molecule has 0 aliphatic heterocycles. The molecule has 1 aromatic carbocycles. The first kappa shape index (κ1) is 22.9. The molecule has 0 spiro atoms. The van der Waals surface area contributed by atoms with E-state index < -0.39 is 21.6 Å². The molecule has 164 valence electrons. The highest BCUT2D eigenvalue weighted by molar-refractivity contribution is 7.89. The van der Waals surface area contributed by atoms with Crippen molar-refractivity contribution >= 4 is 16.0 Å². The Hall–Kier alpha value is -2.74. The Kier molecular flexibility index (Phi) is 6.79. The number of aliphatic hydroxyl groups is 1. The summed E-state index contributed by atoms with van der Waals surface area (Å²) in [4.78, 5) is 11.9. The summed E-state index contributed by atoms with van der Waals surface area (Å²) in [6.07, 6.45) is 1.94. The van der Waals surface area contributed by atoms with E-state index in [0.717, 1.165) is 11.1 Å². The molecule has 0 radical (unpaired) electrons. The van der Waals surface area contributed by atoms with Gasteiger partial charge in [0, 0.05) is 6.54 Å². The van der Waals surface area contributed by atoms with Crippen LogP contribution < -0.4 is 4.72 Å². The number of hydrogen-bond donors (Lipinski definition) is 3.